The van der Waals surface area contributed by atoms with Crippen molar-refractivity contribution in [3.05, 3.63) is 60.8 Å². The maximum absolute atomic E-state index is 13.6. The van der Waals surface area contributed by atoms with Gasteiger partial charge in [-0.2, -0.15) is 0 Å². The first-order valence-electron chi connectivity index (χ1n) is 9.88. The first kappa shape index (κ1) is 22.8. The Labute approximate surface area is 198 Å². The largest absolute Gasteiger partial charge is 0.495 e. The molecule has 7 heteroatoms. The lowest BCUT2D eigenvalue weighted by Crippen LogP contribution is -2.24. The molecule has 0 bridgehead atoms. The molecule has 3 aromatic rings. The summed E-state index contributed by atoms with van der Waals surface area (Å²) in [4.78, 5) is 28.8. The maximum Gasteiger partial charge on any atom is 0.219 e. The second kappa shape index (κ2) is 9.96. The number of ether oxygens (including phenoxy) is 1. The molecule has 0 radical (unpaired) electrons. The van der Waals surface area contributed by atoms with Gasteiger partial charge < -0.3 is 15.0 Å². The molecule has 0 saturated carbocycles. The number of halogens is 2. The smallest absolute Gasteiger partial charge is 0.219 e. The molecule has 158 valence electrons. The highest BCUT2D eigenvalue weighted by Gasteiger charge is 2.25. The van der Waals surface area contributed by atoms with Crippen molar-refractivity contribution in [2.24, 2.45) is 0 Å². The first-order valence-corrected chi connectivity index (χ1v) is 11.7. The zero-order chi connectivity index (χ0) is 21.8. The number of H-pyrrole nitrogens is 1. The van der Waals surface area contributed by atoms with Gasteiger partial charge in [-0.05, 0) is 71.3 Å². The summed E-state index contributed by atoms with van der Waals surface area (Å²) in [6.45, 7) is 4.43. The quantitative estimate of drug-likeness (QED) is 0.276. The number of methoxy groups -OCH3 is 1. The van der Waals surface area contributed by atoms with E-state index >= 15 is 0 Å². The lowest BCUT2D eigenvalue weighted by atomic mass is 9.95. The van der Waals surface area contributed by atoms with E-state index in [1.54, 1.807) is 7.11 Å². The summed E-state index contributed by atoms with van der Waals surface area (Å²) in [5, 5.41) is 3.82. The number of carbonyl (C=O) groups excluding carboxylic acids is 2. The number of aromatic nitrogens is 1. The number of fused-ring (bicyclic) bond motifs is 1. The molecular formula is C23H24BrIN2O3. The summed E-state index contributed by atoms with van der Waals surface area (Å²) in [5.41, 5.74) is 4.21. The van der Waals surface area contributed by atoms with Crippen LogP contribution in [0.4, 0.5) is 0 Å². The number of rotatable bonds is 8. The van der Waals surface area contributed by atoms with Crippen LogP contribution in [0.3, 0.4) is 0 Å². The molecule has 0 aliphatic carbocycles. The predicted octanol–water partition coefficient (Wildman–Crippen LogP) is 5.41. The number of benzene rings is 2. The van der Waals surface area contributed by atoms with Crippen molar-refractivity contribution in [1.82, 2.24) is 10.3 Å². The monoisotopic (exact) mass is 582 g/mol. The van der Waals surface area contributed by atoms with E-state index in [1.807, 2.05) is 37.3 Å². The van der Waals surface area contributed by atoms with E-state index in [2.05, 4.69) is 55.7 Å². The van der Waals surface area contributed by atoms with Crippen molar-refractivity contribution in [1.29, 1.82) is 0 Å². The van der Waals surface area contributed by atoms with Crippen LogP contribution in [0.1, 0.15) is 47.4 Å². The average Bonchev–Trinajstić information content (AvgIpc) is 3.09. The van der Waals surface area contributed by atoms with E-state index in [0.29, 0.717) is 36.3 Å². The van der Waals surface area contributed by atoms with Crippen LogP contribution in [0.25, 0.3) is 10.9 Å². The van der Waals surface area contributed by atoms with Gasteiger partial charge in [-0.1, -0.05) is 29.8 Å². The van der Waals surface area contributed by atoms with Gasteiger partial charge in [-0.15, -0.1) is 0 Å². The van der Waals surface area contributed by atoms with Gasteiger partial charge in [0.1, 0.15) is 5.75 Å². The van der Waals surface area contributed by atoms with Crippen molar-refractivity contribution in [3.8, 4) is 5.75 Å². The number of hydrogen-bond acceptors (Lipinski definition) is 3. The lowest BCUT2D eigenvalue weighted by Gasteiger charge is -2.14. The summed E-state index contributed by atoms with van der Waals surface area (Å²) in [6.07, 6.45) is 1.89. The van der Waals surface area contributed by atoms with Gasteiger partial charge in [0.05, 0.1) is 16.2 Å². The molecule has 2 aromatic carbocycles. The van der Waals surface area contributed by atoms with Crippen LogP contribution in [0.5, 0.6) is 5.75 Å². The molecule has 30 heavy (non-hydrogen) atoms. The second-order valence-corrected chi connectivity index (χ2v) is 8.99. The molecule has 1 aromatic heterocycles. The third-order valence-electron chi connectivity index (χ3n) is 5.10. The highest BCUT2D eigenvalue weighted by atomic mass is 127. The number of aryl methyl sites for hydroxylation is 1. The van der Waals surface area contributed by atoms with Crippen LogP contribution in [-0.2, 0) is 17.6 Å². The number of aromatic amines is 1. The molecule has 0 aliphatic heterocycles. The van der Waals surface area contributed by atoms with Crippen LogP contribution >= 0.6 is 38.5 Å². The molecule has 3 rings (SSSR count). The number of hydrogen-bond donors (Lipinski definition) is 2. The van der Waals surface area contributed by atoms with Crippen molar-refractivity contribution in [2.75, 3.05) is 13.7 Å². The van der Waals surface area contributed by atoms with Gasteiger partial charge >= 0.3 is 0 Å². The van der Waals surface area contributed by atoms with Gasteiger partial charge in [-0.3, -0.25) is 9.59 Å². The summed E-state index contributed by atoms with van der Waals surface area (Å²) < 4.78 is 7.48. The third-order valence-corrected chi connectivity index (χ3v) is 6.43. The highest BCUT2D eigenvalue weighted by Crippen LogP contribution is 2.38. The fourth-order valence-corrected chi connectivity index (χ4v) is 4.69. The molecule has 0 saturated heterocycles. The highest BCUT2D eigenvalue weighted by molar-refractivity contribution is 14.1. The molecular weight excluding hydrogens is 559 g/mol. The van der Waals surface area contributed by atoms with Gasteiger partial charge in [0.2, 0.25) is 5.91 Å². The Morgan fingerprint density at radius 2 is 1.90 bits per heavy atom. The number of amides is 1. The van der Waals surface area contributed by atoms with E-state index < -0.39 is 0 Å². The summed E-state index contributed by atoms with van der Waals surface area (Å²) in [5.74, 6) is 0.519. The third kappa shape index (κ3) is 4.56. The molecule has 1 heterocycles. The lowest BCUT2D eigenvalue weighted by molar-refractivity contribution is -0.120. The number of nitrogens with one attached hydrogen (secondary N) is 2. The topological polar surface area (TPSA) is 71.2 Å². The fourth-order valence-electron chi connectivity index (χ4n) is 3.62. The normalized spacial score (nSPS) is 11.0. The minimum atomic E-state index is -0.0802. The first-order chi connectivity index (χ1) is 14.4. The van der Waals surface area contributed by atoms with Crippen LogP contribution in [0.2, 0.25) is 0 Å². The Morgan fingerprint density at radius 3 is 2.50 bits per heavy atom. The minimum absolute atomic E-state index is 0.0196. The summed E-state index contributed by atoms with van der Waals surface area (Å²) >= 11 is 5.63. The fraction of sp³-hybridized carbons (Fsp3) is 0.304. The molecule has 1 amide bonds. The molecule has 0 spiro atoms. The van der Waals surface area contributed by atoms with Gasteiger partial charge in [-0.25, -0.2) is 0 Å². The Kier molecular flexibility index (Phi) is 7.57. The van der Waals surface area contributed by atoms with Crippen LogP contribution < -0.4 is 10.1 Å². The Hall–Kier alpha value is -1.87. The number of carbonyl (C=O) groups is 2. The van der Waals surface area contributed by atoms with Crippen molar-refractivity contribution in [3.63, 3.8) is 0 Å². The van der Waals surface area contributed by atoms with E-state index in [-0.39, 0.29) is 11.7 Å². The van der Waals surface area contributed by atoms with E-state index in [9.17, 15) is 9.59 Å². The van der Waals surface area contributed by atoms with Gasteiger partial charge in [0, 0.05) is 39.6 Å². The molecule has 5 nitrogen and oxygen atoms in total. The van der Waals surface area contributed by atoms with Crippen LogP contribution in [-0.4, -0.2) is 30.3 Å². The predicted molar refractivity (Wildman–Crippen MR) is 132 cm³/mol. The Balaban J connectivity index is 2.19. The summed E-state index contributed by atoms with van der Waals surface area (Å²) in [7, 11) is 1.59. The maximum atomic E-state index is 13.6. The van der Waals surface area contributed by atoms with Crippen LogP contribution in [0, 0.1) is 3.57 Å². The van der Waals surface area contributed by atoms with Crippen LogP contribution in [0.15, 0.2) is 34.8 Å². The Morgan fingerprint density at radius 1 is 1.20 bits per heavy atom. The minimum Gasteiger partial charge on any atom is -0.495 e. The van der Waals surface area contributed by atoms with Crippen molar-refractivity contribution < 1.29 is 14.3 Å². The molecule has 0 aliphatic rings. The number of ketones is 1. The van der Waals surface area contributed by atoms with Gasteiger partial charge in [0.15, 0.2) is 5.78 Å². The molecule has 0 fully saturated rings. The second-order valence-electron chi connectivity index (χ2n) is 6.91. The average molecular weight is 583 g/mol. The zero-order valence-corrected chi connectivity index (χ0v) is 20.9. The van der Waals surface area contributed by atoms with E-state index in [0.717, 1.165) is 36.6 Å². The van der Waals surface area contributed by atoms with E-state index in [4.69, 9.17) is 4.74 Å². The molecule has 2 N–H and O–H groups in total. The van der Waals surface area contributed by atoms with Crippen molar-refractivity contribution >= 4 is 61.1 Å². The zero-order valence-electron chi connectivity index (χ0n) is 17.2. The SMILES string of the molecule is CCC(=O)NCCc1c(CC)[nH]c2cc(I)c(OC)c(C(=O)c3ccc(Br)cc3)c12. The summed E-state index contributed by atoms with van der Waals surface area (Å²) in [6, 6.07) is 9.36. The Bertz CT molecular complexity index is 1090. The van der Waals surface area contributed by atoms with Gasteiger partial charge in [0.25, 0.3) is 0 Å². The standard InChI is InChI=1S/C23H24BrIN2O3/c1-4-17-15(10-11-26-19(28)5-2)20-18(27-17)12-16(25)23(30-3)21(20)22(29)13-6-8-14(24)9-7-13/h6-9,12,27H,4-5,10-11H2,1-3H3,(H,26,28). The molecule has 0 unspecified atom stereocenters. The van der Waals surface area contributed by atoms with E-state index in [1.165, 1.54) is 0 Å². The van der Waals surface area contributed by atoms with Crippen molar-refractivity contribution in [2.45, 2.75) is 33.1 Å². The molecule has 0 atom stereocenters.